The van der Waals surface area contributed by atoms with Crippen molar-refractivity contribution in [2.75, 3.05) is 12.8 Å². The molecule has 4 heteroatoms. The van der Waals surface area contributed by atoms with Gasteiger partial charge in [-0.3, -0.25) is 0 Å². The number of anilines is 1. The zero-order valence-corrected chi connectivity index (χ0v) is 9.88. The summed E-state index contributed by atoms with van der Waals surface area (Å²) in [5.41, 5.74) is 6.77. The third-order valence-electron chi connectivity index (χ3n) is 2.43. The van der Waals surface area contributed by atoms with Gasteiger partial charge >= 0.3 is 0 Å². The van der Waals surface area contributed by atoms with Gasteiger partial charge in [0.15, 0.2) is 17.2 Å². The molecule has 90 valence electrons. The highest BCUT2D eigenvalue weighted by Crippen LogP contribution is 2.34. The van der Waals surface area contributed by atoms with Crippen LogP contribution in [0.1, 0.15) is 5.56 Å². The van der Waals surface area contributed by atoms with Crippen molar-refractivity contribution in [3.05, 3.63) is 48.0 Å². The fourth-order valence-electron chi connectivity index (χ4n) is 1.51. The molecule has 0 aromatic heterocycles. The molecular weight excluding hydrogens is 228 g/mol. The van der Waals surface area contributed by atoms with E-state index in [1.165, 1.54) is 0 Å². The van der Waals surface area contributed by atoms with Crippen LogP contribution >= 0.6 is 0 Å². The number of nitrogens with two attached hydrogens (primary N) is 1. The minimum atomic E-state index is 0.443. The molecule has 2 rings (SSSR count). The Balaban J connectivity index is 2.37. The number of nitrogen functional groups attached to an aromatic ring is 1. The lowest BCUT2D eigenvalue weighted by Gasteiger charge is -2.11. The third kappa shape index (κ3) is 2.36. The van der Waals surface area contributed by atoms with Gasteiger partial charge in [-0.2, -0.15) is 5.26 Å². The molecule has 0 saturated carbocycles. The summed E-state index contributed by atoms with van der Waals surface area (Å²) in [7, 11) is 1.57. The van der Waals surface area contributed by atoms with Crippen LogP contribution in [0.25, 0.3) is 0 Å². The highest BCUT2D eigenvalue weighted by atomic mass is 16.5. The van der Waals surface area contributed by atoms with E-state index >= 15 is 0 Å². The summed E-state index contributed by atoms with van der Waals surface area (Å²) in [6, 6.07) is 14.2. The summed E-state index contributed by atoms with van der Waals surface area (Å²) in [5, 5.41) is 8.85. The highest BCUT2D eigenvalue weighted by Gasteiger charge is 2.07. The summed E-state index contributed by atoms with van der Waals surface area (Å²) in [4.78, 5) is 0. The van der Waals surface area contributed by atoms with Crippen LogP contribution in [0.3, 0.4) is 0 Å². The molecule has 0 heterocycles. The maximum Gasteiger partial charge on any atom is 0.169 e. The summed E-state index contributed by atoms with van der Waals surface area (Å²) in [5.74, 6) is 1.61. The van der Waals surface area contributed by atoms with Crippen LogP contribution < -0.4 is 15.2 Å². The lowest BCUT2D eigenvalue weighted by Crippen LogP contribution is -1.94. The van der Waals surface area contributed by atoms with Gasteiger partial charge in [-0.1, -0.05) is 12.1 Å². The average Bonchev–Trinajstić information content (AvgIpc) is 2.42. The molecule has 0 aliphatic carbocycles. The van der Waals surface area contributed by atoms with Gasteiger partial charge in [-0.05, 0) is 24.3 Å². The van der Waals surface area contributed by atoms with Crippen molar-refractivity contribution in [2.24, 2.45) is 0 Å². The first-order valence-electron chi connectivity index (χ1n) is 5.35. The fourth-order valence-corrected chi connectivity index (χ4v) is 1.51. The van der Waals surface area contributed by atoms with Crippen molar-refractivity contribution in [1.29, 1.82) is 5.26 Å². The first kappa shape index (κ1) is 11.8. The molecule has 18 heavy (non-hydrogen) atoms. The molecule has 0 unspecified atom stereocenters. The molecule has 0 amide bonds. The summed E-state index contributed by atoms with van der Waals surface area (Å²) in [6.45, 7) is 0. The molecule has 2 aromatic carbocycles. The molecule has 0 fully saturated rings. The van der Waals surface area contributed by atoms with Gasteiger partial charge in [-0.25, -0.2) is 0 Å². The lowest BCUT2D eigenvalue weighted by molar-refractivity contribution is 0.379. The number of nitriles is 1. The first-order chi connectivity index (χ1) is 8.74. The zero-order valence-electron chi connectivity index (χ0n) is 9.88. The Morgan fingerprint density at radius 3 is 2.44 bits per heavy atom. The maximum absolute atomic E-state index is 8.85. The van der Waals surface area contributed by atoms with Gasteiger partial charge in [0.2, 0.25) is 0 Å². The predicted octanol–water partition coefficient (Wildman–Crippen LogP) is 2.94. The van der Waals surface area contributed by atoms with Crippen LogP contribution in [0.2, 0.25) is 0 Å². The van der Waals surface area contributed by atoms with Crippen molar-refractivity contribution >= 4 is 5.69 Å². The van der Waals surface area contributed by atoms with Crippen molar-refractivity contribution in [2.45, 2.75) is 0 Å². The van der Waals surface area contributed by atoms with Crippen molar-refractivity contribution in [1.82, 2.24) is 0 Å². The van der Waals surface area contributed by atoms with E-state index < -0.39 is 0 Å². The van der Waals surface area contributed by atoms with Gasteiger partial charge in [0.05, 0.1) is 24.4 Å². The van der Waals surface area contributed by atoms with Crippen LogP contribution in [-0.4, -0.2) is 7.11 Å². The van der Waals surface area contributed by atoms with E-state index in [-0.39, 0.29) is 0 Å². The molecule has 2 aromatic rings. The number of ether oxygens (including phenoxy) is 2. The molecule has 2 N–H and O–H groups in total. The fraction of sp³-hybridized carbons (Fsp3) is 0.0714. The van der Waals surface area contributed by atoms with E-state index in [2.05, 4.69) is 0 Å². The summed E-state index contributed by atoms with van der Waals surface area (Å²) < 4.78 is 10.9. The smallest absolute Gasteiger partial charge is 0.169 e. The minimum Gasteiger partial charge on any atom is -0.493 e. The Hall–Kier alpha value is -2.67. The zero-order chi connectivity index (χ0) is 13.0. The number of benzene rings is 2. The molecule has 0 aliphatic rings. The topological polar surface area (TPSA) is 68.3 Å². The van der Waals surface area contributed by atoms with Crippen molar-refractivity contribution in [3.63, 3.8) is 0 Å². The first-order valence-corrected chi connectivity index (χ1v) is 5.35. The number of rotatable bonds is 3. The Morgan fingerprint density at radius 1 is 1.06 bits per heavy atom. The maximum atomic E-state index is 8.85. The Labute approximate surface area is 105 Å². The van der Waals surface area contributed by atoms with Gasteiger partial charge in [0, 0.05) is 6.07 Å². The van der Waals surface area contributed by atoms with Gasteiger partial charge in [-0.15, -0.1) is 0 Å². The summed E-state index contributed by atoms with van der Waals surface area (Å²) >= 11 is 0. The van der Waals surface area contributed by atoms with Crippen LogP contribution in [0.15, 0.2) is 42.5 Å². The van der Waals surface area contributed by atoms with Gasteiger partial charge in [0.25, 0.3) is 0 Å². The van der Waals surface area contributed by atoms with Crippen molar-refractivity contribution < 1.29 is 9.47 Å². The lowest BCUT2D eigenvalue weighted by atomic mass is 10.2. The number of hydrogen-bond donors (Lipinski definition) is 1. The van der Waals surface area contributed by atoms with Gasteiger partial charge in [0.1, 0.15) is 0 Å². The molecule has 0 saturated heterocycles. The quantitative estimate of drug-likeness (QED) is 0.837. The second-order valence-corrected chi connectivity index (χ2v) is 3.62. The molecule has 4 nitrogen and oxygen atoms in total. The standard InChI is InChI=1S/C14H12N2O2/c1-17-12-4-2-3-5-13(12)18-14-8-10(9-15)6-7-11(14)16/h2-8H,16H2,1H3. The van der Waals surface area contributed by atoms with Crippen LogP contribution in [0, 0.1) is 11.3 Å². The molecule has 0 radical (unpaired) electrons. The molecule has 0 bridgehead atoms. The number of para-hydroxylation sites is 2. The van der Waals surface area contributed by atoms with Crippen LogP contribution in [0.4, 0.5) is 5.69 Å². The van der Waals surface area contributed by atoms with E-state index in [1.807, 2.05) is 18.2 Å². The Morgan fingerprint density at radius 2 is 1.78 bits per heavy atom. The second-order valence-electron chi connectivity index (χ2n) is 3.62. The second kappa shape index (κ2) is 5.11. The van der Waals surface area contributed by atoms with E-state index in [0.29, 0.717) is 28.5 Å². The van der Waals surface area contributed by atoms with Crippen molar-refractivity contribution in [3.8, 4) is 23.3 Å². The SMILES string of the molecule is COc1ccccc1Oc1cc(C#N)ccc1N. The normalized spacial score (nSPS) is 9.56. The number of nitrogens with zero attached hydrogens (tertiary/aromatic N) is 1. The average molecular weight is 240 g/mol. The van der Waals surface area contributed by atoms with E-state index in [9.17, 15) is 0 Å². The van der Waals surface area contributed by atoms with Crippen LogP contribution in [0.5, 0.6) is 17.2 Å². The van der Waals surface area contributed by atoms with Crippen LogP contribution in [-0.2, 0) is 0 Å². The third-order valence-corrected chi connectivity index (χ3v) is 2.43. The van der Waals surface area contributed by atoms with E-state index in [4.69, 9.17) is 20.5 Å². The largest absolute Gasteiger partial charge is 0.493 e. The van der Waals surface area contributed by atoms with E-state index in [1.54, 1.807) is 37.4 Å². The highest BCUT2D eigenvalue weighted by molar-refractivity contribution is 5.58. The predicted molar refractivity (Wildman–Crippen MR) is 68.6 cm³/mol. The minimum absolute atomic E-state index is 0.443. The van der Waals surface area contributed by atoms with Gasteiger partial charge < -0.3 is 15.2 Å². The number of methoxy groups -OCH3 is 1. The van der Waals surface area contributed by atoms with E-state index in [0.717, 1.165) is 0 Å². The Kier molecular flexibility index (Phi) is 3.35. The molecule has 0 atom stereocenters. The summed E-state index contributed by atoms with van der Waals surface area (Å²) in [6.07, 6.45) is 0. The number of hydrogen-bond acceptors (Lipinski definition) is 4. The monoisotopic (exact) mass is 240 g/mol. The molecule has 0 aliphatic heterocycles. The molecular formula is C14H12N2O2. The Bertz CT molecular complexity index is 603. The molecule has 0 spiro atoms.